The third kappa shape index (κ3) is 3.35. The average Bonchev–Trinajstić information content (AvgIpc) is 2.40. The van der Waals surface area contributed by atoms with Crippen molar-refractivity contribution in [2.24, 2.45) is 0 Å². The molecule has 0 aliphatic carbocycles. The van der Waals surface area contributed by atoms with Gasteiger partial charge in [0.1, 0.15) is 5.75 Å². The summed E-state index contributed by atoms with van der Waals surface area (Å²) in [7, 11) is 0. The molecule has 1 aliphatic heterocycles. The second-order valence-corrected chi connectivity index (χ2v) is 4.44. The Morgan fingerprint density at radius 2 is 2.33 bits per heavy atom. The van der Waals surface area contributed by atoms with Gasteiger partial charge in [-0.15, -0.1) is 0 Å². The quantitative estimate of drug-likeness (QED) is 0.828. The lowest BCUT2D eigenvalue weighted by atomic mass is 10.2. The first-order valence-electron chi connectivity index (χ1n) is 5.73. The first-order valence-corrected chi connectivity index (χ1v) is 6.11. The highest BCUT2D eigenvalue weighted by molar-refractivity contribution is 6.31. The van der Waals surface area contributed by atoms with Gasteiger partial charge in [0.15, 0.2) is 6.29 Å². The van der Waals surface area contributed by atoms with Crippen LogP contribution in [-0.2, 0) is 9.57 Å². The molecular formula is C12H14ClNO4. The molecule has 1 atom stereocenters. The average molecular weight is 272 g/mol. The molecule has 18 heavy (non-hydrogen) atoms. The van der Waals surface area contributed by atoms with Gasteiger partial charge in [-0.3, -0.25) is 4.79 Å². The fourth-order valence-corrected chi connectivity index (χ4v) is 1.84. The van der Waals surface area contributed by atoms with E-state index in [0.717, 1.165) is 19.3 Å². The van der Waals surface area contributed by atoms with Gasteiger partial charge in [-0.25, -0.2) is 10.3 Å². The molecule has 2 rings (SSSR count). The predicted molar refractivity (Wildman–Crippen MR) is 65.3 cm³/mol. The molecule has 0 aromatic heterocycles. The lowest BCUT2D eigenvalue weighted by Crippen LogP contribution is -2.33. The van der Waals surface area contributed by atoms with Gasteiger partial charge in [-0.1, -0.05) is 11.6 Å². The van der Waals surface area contributed by atoms with E-state index >= 15 is 0 Å². The van der Waals surface area contributed by atoms with Crippen LogP contribution in [0.4, 0.5) is 0 Å². The van der Waals surface area contributed by atoms with Crippen molar-refractivity contribution in [1.29, 1.82) is 0 Å². The number of halogens is 1. The maximum atomic E-state index is 11.8. The Labute approximate surface area is 110 Å². The fraction of sp³-hybridized carbons (Fsp3) is 0.417. The highest BCUT2D eigenvalue weighted by atomic mass is 35.5. The maximum absolute atomic E-state index is 11.8. The van der Waals surface area contributed by atoms with E-state index in [2.05, 4.69) is 5.48 Å². The van der Waals surface area contributed by atoms with Crippen molar-refractivity contribution < 1.29 is 19.5 Å². The number of carbonyl (C=O) groups is 1. The van der Waals surface area contributed by atoms with Crippen LogP contribution in [0.5, 0.6) is 5.75 Å². The number of phenols is 1. The van der Waals surface area contributed by atoms with Crippen LogP contribution in [0.25, 0.3) is 0 Å². The number of hydrogen-bond donors (Lipinski definition) is 2. The number of hydroxylamine groups is 1. The molecule has 1 heterocycles. The van der Waals surface area contributed by atoms with Crippen LogP contribution in [0.3, 0.4) is 0 Å². The normalized spacial score (nSPS) is 19.5. The largest absolute Gasteiger partial charge is 0.507 e. The van der Waals surface area contributed by atoms with Gasteiger partial charge in [0.25, 0.3) is 5.91 Å². The predicted octanol–water partition coefficient (Wildman–Crippen LogP) is 2.23. The number of ether oxygens (including phenoxy) is 1. The first-order chi connectivity index (χ1) is 8.66. The molecule has 1 aliphatic rings. The third-order valence-corrected chi connectivity index (χ3v) is 2.86. The molecule has 0 unspecified atom stereocenters. The lowest BCUT2D eigenvalue weighted by Gasteiger charge is -2.22. The van der Waals surface area contributed by atoms with E-state index in [9.17, 15) is 9.90 Å². The molecule has 1 fully saturated rings. The molecule has 0 spiro atoms. The van der Waals surface area contributed by atoms with Gasteiger partial charge >= 0.3 is 0 Å². The van der Waals surface area contributed by atoms with Crippen LogP contribution in [0.2, 0.25) is 5.02 Å². The number of hydrogen-bond acceptors (Lipinski definition) is 4. The van der Waals surface area contributed by atoms with Gasteiger partial charge in [0.2, 0.25) is 0 Å². The van der Waals surface area contributed by atoms with Crippen LogP contribution in [0.1, 0.15) is 29.6 Å². The van der Waals surface area contributed by atoms with Crippen LogP contribution in [0.15, 0.2) is 18.2 Å². The zero-order chi connectivity index (χ0) is 13.0. The maximum Gasteiger partial charge on any atom is 0.278 e. The highest BCUT2D eigenvalue weighted by Gasteiger charge is 2.17. The summed E-state index contributed by atoms with van der Waals surface area (Å²) in [5.74, 6) is -0.700. The number of phenolic OH excluding ortho intramolecular Hbond substituents is 1. The molecule has 1 amide bonds. The Hall–Kier alpha value is -1.30. The second-order valence-electron chi connectivity index (χ2n) is 4.01. The van der Waals surface area contributed by atoms with Gasteiger partial charge in [0.05, 0.1) is 5.56 Å². The number of benzene rings is 1. The van der Waals surface area contributed by atoms with Crippen molar-refractivity contribution in [3.05, 3.63) is 28.8 Å². The summed E-state index contributed by atoms with van der Waals surface area (Å²) in [5, 5.41) is 9.90. The van der Waals surface area contributed by atoms with Gasteiger partial charge in [-0.2, -0.15) is 0 Å². The van der Waals surface area contributed by atoms with Crippen molar-refractivity contribution in [1.82, 2.24) is 5.48 Å². The second kappa shape index (κ2) is 6.04. The zero-order valence-corrected chi connectivity index (χ0v) is 10.4. The van der Waals surface area contributed by atoms with Gasteiger partial charge in [0, 0.05) is 18.1 Å². The number of aromatic hydroxyl groups is 1. The Morgan fingerprint density at radius 3 is 3.06 bits per heavy atom. The summed E-state index contributed by atoms with van der Waals surface area (Å²) in [5.41, 5.74) is 2.32. The fourth-order valence-electron chi connectivity index (χ4n) is 1.67. The van der Waals surface area contributed by atoms with E-state index in [0.29, 0.717) is 11.6 Å². The van der Waals surface area contributed by atoms with Crippen LogP contribution in [-0.4, -0.2) is 23.9 Å². The van der Waals surface area contributed by atoms with Crippen LogP contribution in [0, 0.1) is 0 Å². The van der Waals surface area contributed by atoms with E-state index in [-0.39, 0.29) is 11.3 Å². The van der Waals surface area contributed by atoms with Crippen molar-refractivity contribution in [2.75, 3.05) is 6.61 Å². The van der Waals surface area contributed by atoms with E-state index < -0.39 is 12.2 Å². The first kappa shape index (κ1) is 13.1. The van der Waals surface area contributed by atoms with Gasteiger partial charge < -0.3 is 9.84 Å². The van der Waals surface area contributed by atoms with Crippen LogP contribution < -0.4 is 5.48 Å². The summed E-state index contributed by atoms with van der Waals surface area (Å²) in [6.07, 6.45) is 2.32. The number of rotatable bonds is 3. The Bertz CT molecular complexity index is 432. The minimum absolute atomic E-state index is 0.0679. The number of nitrogens with one attached hydrogen (secondary N) is 1. The summed E-state index contributed by atoms with van der Waals surface area (Å²) < 4.78 is 5.29. The molecule has 1 aromatic rings. The number of carbonyl (C=O) groups excluding carboxylic acids is 1. The smallest absolute Gasteiger partial charge is 0.278 e. The Balaban J connectivity index is 1.92. The van der Waals surface area contributed by atoms with Crippen molar-refractivity contribution in [3.63, 3.8) is 0 Å². The Morgan fingerprint density at radius 1 is 1.50 bits per heavy atom. The molecule has 1 saturated heterocycles. The topological polar surface area (TPSA) is 67.8 Å². The molecule has 1 aromatic carbocycles. The summed E-state index contributed by atoms with van der Waals surface area (Å²) in [6.45, 7) is 0.628. The molecular weight excluding hydrogens is 258 g/mol. The summed E-state index contributed by atoms with van der Waals surface area (Å²) in [4.78, 5) is 16.9. The van der Waals surface area contributed by atoms with E-state index in [4.69, 9.17) is 21.2 Å². The molecule has 0 bridgehead atoms. The molecule has 98 valence electrons. The van der Waals surface area contributed by atoms with Crippen molar-refractivity contribution in [3.8, 4) is 5.75 Å². The molecule has 6 heteroatoms. The third-order valence-electron chi connectivity index (χ3n) is 2.62. The minimum Gasteiger partial charge on any atom is -0.507 e. The van der Waals surface area contributed by atoms with E-state index in [1.165, 1.54) is 18.2 Å². The van der Waals surface area contributed by atoms with Crippen LogP contribution >= 0.6 is 11.6 Å². The molecule has 2 N–H and O–H groups in total. The van der Waals surface area contributed by atoms with Crippen molar-refractivity contribution in [2.45, 2.75) is 25.6 Å². The van der Waals surface area contributed by atoms with Crippen molar-refractivity contribution >= 4 is 17.5 Å². The molecule has 5 nitrogen and oxygen atoms in total. The number of amides is 1. The monoisotopic (exact) mass is 271 g/mol. The zero-order valence-electron chi connectivity index (χ0n) is 9.69. The van der Waals surface area contributed by atoms with E-state index in [1.807, 2.05) is 0 Å². The Kier molecular flexibility index (Phi) is 4.41. The van der Waals surface area contributed by atoms with Gasteiger partial charge in [-0.05, 0) is 31.0 Å². The SMILES string of the molecule is O=C(NO[C@H]1CCCCO1)c1cc(Cl)ccc1O. The standard InChI is InChI=1S/C12H14ClNO4/c13-8-4-5-10(15)9(7-8)12(16)14-18-11-3-1-2-6-17-11/h4-5,7,11,15H,1-3,6H2,(H,14,16)/t11-/m0/s1. The summed E-state index contributed by atoms with van der Waals surface area (Å²) in [6, 6.07) is 4.23. The molecule has 0 saturated carbocycles. The highest BCUT2D eigenvalue weighted by Crippen LogP contribution is 2.21. The molecule has 0 radical (unpaired) electrons. The lowest BCUT2D eigenvalue weighted by molar-refractivity contribution is -0.186. The summed E-state index contributed by atoms with van der Waals surface area (Å²) >= 11 is 5.75. The minimum atomic E-state index is -0.552. The van der Waals surface area contributed by atoms with E-state index in [1.54, 1.807) is 0 Å².